The van der Waals surface area contributed by atoms with Crippen LogP contribution in [0.25, 0.3) is 0 Å². The topological polar surface area (TPSA) is 133 Å². The van der Waals surface area contributed by atoms with Crippen molar-refractivity contribution in [3.63, 3.8) is 0 Å². The van der Waals surface area contributed by atoms with E-state index in [4.69, 9.17) is 10.2 Å². The minimum absolute atomic E-state index is 0. The summed E-state index contributed by atoms with van der Waals surface area (Å²) in [4.78, 5) is 45.2. The molecule has 2 unspecified atom stereocenters. The fraction of sp³-hybridized carbons (Fsp3) is 0.286. The molecule has 0 aliphatic heterocycles. The summed E-state index contributed by atoms with van der Waals surface area (Å²) in [5.41, 5.74) is 0.323. The summed E-state index contributed by atoms with van der Waals surface area (Å²) in [5.74, 6) is -3.43. The van der Waals surface area contributed by atoms with Crippen molar-refractivity contribution in [2.45, 2.75) is 10.5 Å². The molecule has 2 amide bonds. The molecule has 0 bridgehead atoms. The first-order valence-electron chi connectivity index (χ1n) is 6.70. The summed E-state index contributed by atoms with van der Waals surface area (Å²) in [6.07, 6.45) is 0. The van der Waals surface area contributed by atoms with Gasteiger partial charge in [-0.05, 0) is 18.2 Å². The van der Waals surface area contributed by atoms with Gasteiger partial charge in [-0.15, -0.1) is 0 Å². The van der Waals surface area contributed by atoms with Gasteiger partial charge >= 0.3 is 11.9 Å². The van der Waals surface area contributed by atoms with Crippen LogP contribution in [0.1, 0.15) is 20.7 Å². The Balaban J connectivity index is 0. The minimum Gasteiger partial charge on any atom is -0.480 e. The van der Waals surface area contributed by atoms with E-state index in [9.17, 15) is 19.2 Å². The van der Waals surface area contributed by atoms with E-state index in [-0.39, 0.29) is 89.6 Å². The molecule has 1 aromatic carbocycles. The first kappa shape index (κ1) is 28.2. The van der Waals surface area contributed by atoms with Crippen LogP contribution in [0.3, 0.4) is 0 Å². The van der Waals surface area contributed by atoms with Crippen molar-refractivity contribution in [1.29, 1.82) is 0 Å². The molecule has 0 aliphatic carbocycles. The fourth-order valence-electron chi connectivity index (χ4n) is 1.56. The van der Waals surface area contributed by atoms with E-state index in [1.807, 2.05) is 0 Å². The monoisotopic (exact) mass is 550 g/mol. The Kier molecular flexibility index (Phi) is 15.3. The summed E-state index contributed by atoms with van der Waals surface area (Å²) in [7, 11) is 0. The van der Waals surface area contributed by atoms with E-state index >= 15 is 0 Å². The maximum Gasteiger partial charge on any atom is 0.318 e. The van der Waals surface area contributed by atoms with Gasteiger partial charge in [0.1, 0.15) is 10.5 Å². The second-order valence-corrected chi connectivity index (χ2v) is 5.96. The Hall–Kier alpha value is 0.00779. The molecule has 0 aliphatic rings. The molecule has 2 radical (unpaired) electrons. The number of amides is 2. The van der Waals surface area contributed by atoms with E-state index in [0.717, 1.165) is 0 Å². The van der Waals surface area contributed by atoms with Crippen molar-refractivity contribution < 1.29 is 94.8 Å². The van der Waals surface area contributed by atoms with Gasteiger partial charge in [-0.3, -0.25) is 19.2 Å². The molecular weight excluding hydrogens is 534 g/mol. The van der Waals surface area contributed by atoms with Gasteiger partial charge in [-0.25, -0.2) is 0 Å². The zero-order valence-electron chi connectivity index (χ0n) is 13.5. The van der Waals surface area contributed by atoms with Crippen molar-refractivity contribution in [2.24, 2.45) is 0 Å². The van der Waals surface area contributed by atoms with Gasteiger partial charge in [0.25, 0.3) is 11.8 Å². The molecule has 0 spiro atoms. The van der Waals surface area contributed by atoms with Gasteiger partial charge in [-0.1, -0.05) is 6.07 Å². The third-order valence-electron chi connectivity index (χ3n) is 2.87. The van der Waals surface area contributed by atoms with Crippen LogP contribution in [0, 0.1) is 0 Å². The Morgan fingerprint density at radius 1 is 0.846 bits per heavy atom. The van der Waals surface area contributed by atoms with E-state index in [1.165, 1.54) is 24.3 Å². The molecule has 4 N–H and O–H groups in total. The van der Waals surface area contributed by atoms with Crippen LogP contribution in [0.15, 0.2) is 24.3 Å². The molecule has 26 heavy (non-hydrogen) atoms. The molecule has 8 nitrogen and oxygen atoms in total. The van der Waals surface area contributed by atoms with Crippen molar-refractivity contribution in [3.8, 4) is 0 Å². The zero-order valence-corrected chi connectivity index (χ0v) is 20.9. The van der Waals surface area contributed by atoms with Crippen molar-refractivity contribution in [3.05, 3.63) is 35.4 Å². The third kappa shape index (κ3) is 9.80. The number of rotatable bonds is 8. The maximum atomic E-state index is 11.9. The van der Waals surface area contributed by atoms with Crippen LogP contribution in [-0.4, -0.2) is 57.6 Å². The first-order valence-corrected chi connectivity index (χ1v) is 7.74. The average Bonchev–Trinajstić information content (AvgIpc) is 2.56. The molecule has 0 saturated heterocycles. The Morgan fingerprint density at radius 3 is 1.50 bits per heavy atom. The van der Waals surface area contributed by atoms with Gasteiger partial charge in [0.2, 0.25) is 0 Å². The van der Waals surface area contributed by atoms with E-state index in [1.54, 1.807) is 0 Å². The number of carbonyl (C=O) groups is 4. The molecule has 1 rings (SSSR count). The summed E-state index contributed by atoms with van der Waals surface area (Å²) in [6, 6.07) is 5.71. The number of carbonyl (C=O) groups excluding carboxylic acids is 2. The predicted molar refractivity (Wildman–Crippen MR) is 91.9 cm³/mol. The zero-order chi connectivity index (χ0) is 18.3. The molecule has 0 fully saturated rings. The van der Waals surface area contributed by atoms with Gasteiger partial charge in [0.05, 0.1) is 0 Å². The second kappa shape index (κ2) is 14.1. The molecule has 12 heteroatoms. The van der Waals surface area contributed by atoms with Crippen LogP contribution >= 0.6 is 25.3 Å². The summed E-state index contributed by atoms with van der Waals surface area (Å²) < 4.78 is 0. The maximum absolute atomic E-state index is 11.9. The number of hydrogen-bond donors (Lipinski definition) is 6. The number of nitrogens with one attached hydrogen (secondary N) is 2. The van der Waals surface area contributed by atoms with Gasteiger partial charge < -0.3 is 20.8 Å². The van der Waals surface area contributed by atoms with E-state index < -0.39 is 34.3 Å². The van der Waals surface area contributed by atoms with Crippen LogP contribution < -0.4 is 10.6 Å². The first-order chi connectivity index (χ1) is 11.2. The van der Waals surface area contributed by atoms with Crippen LogP contribution in [0.5, 0.6) is 0 Å². The number of hydrogen-bond acceptors (Lipinski definition) is 6. The Morgan fingerprint density at radius 2 is 1.19 bits per heavy atom. The SMILES string of the molecule is O=C(NCC(S)C(=O)O)c1cccc(C(=O)NCC(S)C(=O)O)c1.[Y].[Y]. The predicted octanol–water partition coefficient (Wildman–Crippen LogP) is -0.0928. The van der Waals surface area contributed by atoms with E-state index in [0.29, 0.717) is 0 Å². The smallest absolute Gasteiger partial charge is 0.318 e. The number of thiol groups is 2. The Bertz CT molecular complexity index is 611. The molecule has 2 atom stereocenters. The van der Waals surface area contributed by atoms with E-state index in [2.05, 4.69) is 35.9 Å². The van der Waals surface area contributed by atoms with Gasteiger partial charge in [0.15, 0.2) is 0 Å². The van der Waals surface area contributed by atoms with Crippen molar-refractivity contribution in [2.75, 3.05) is 13.1 Å². The van der Waals surface area contributed by atoms with Crippen LogP contribution in [0.4, 0.5) is 0 Å². The number of benzene rings is 1. The normalized spacial score (nSPS) is 11.8. The summed E-state index contributed by atoms with van der Waals surface area (Å²) >= 11 is 7.59. The quantitative estimate of drug-likeness (QED) is 0.251. The molecule has 0 heterocycles. The molecule has 136 valence electrons. The third-order valence-corrected chi connectivity index (χ3v) is 3.68. The van der Waals surface area contributed by atoms with Crippen LogP contribution in [0.2, 0.25) is 0 Å². The Labute approximate surface area is 211 Å². The minimum atomic E-state index is -1.16. The standard InChI is InChI=1S/C14H16N2O6S2.2Y/c17-11(15-5-9(23)13(19)20)7-2-1-3-8(4-7)12(18)16-6-10(24)14(21)22;;/h1-4,9-10,23-24H,5-6H2,(H,15,17)(H,16,18)(H,19,20)(H,21,22);;. The summed E-state index contributed by atoms with van der Waals surface area (Å²) in [5, 5.41) is 20.1. The van der Waals surface area contributed by atoms with Crippen LogP contribution in [-0.2, 0) is 75.0 Å². The molecule has 0 aromatic heterocycles. The van der Waals surface area contributed by atoms with Gasteiger partial charge in [-0.2, -0.15) is 25.3 Å². The van der Waals surface area contributed by atoms with Crippen molar-refractivity contribution in [1.82, 2.24) is 10.6 Å². The number of carboxylic acid groups (broad SMARTS) is 2. The number of aliphatic carboxylic acids is 2. The molecular formula is C14H16N2O6S2Y2. The fourth-order valence-corrected chi connectivity index (χ4v) is 1.74. The molecule has 1 aromatic rings. The largest absolute Gasteiger partial charge is 0.480 e. The van der Waals surface area contributed by atoms with Crippen molar-refractivity contribution >= 4 is 49.0 Å². The average molecular weight is 550 g/mol. The molecule has 0 saturated carbocycles. The van der Waals surface area contributed by atoms with Gasteiger partial charge in [0, 0.05) is 89.6 Å². The second-order valence-electron chi connectivity index (χ2n) is 4.71. The number of carboxylic acids is 2. The summed E-state index contributed by atoms with van der Waals surface area (Å²) in [6.45, 7) is -0.346.